The summed E-state index contributed by atoms with van der Waals surface area (Å²) in [7, 11) is 1.98. The lowest BCUT2D eigenvalue weighted by atomic mass is 9.91. The SMILES string of the molecule is CCN1CCCC1CNC(=NCc1nnc(C)n1C)NCC(C)(C)c1cccs1.I. The maximum atomic E-state index is 4.82. The predicted octanol–water partition coefficient (Wildman–Crippen LogP) is 3.30. The first-order valence-electron chi connectivity index (χ1n) is 10.6. The molecule has 1 saturated heterocycles. The van der Waals surface area contributed by atoms with Gasteiger partial charge in [-0.15, -0.1) is 45.5 Å². The average molecular weight is 546 g/mol. The van der Waals surface area contributed by atoms with Crippen molar-refractivity contribution in [1.82, 2.24) is 30.3 Å². The highest BCUT2D eigenvalue weighted by Crippen LogP contribution is 2.26. The summed E-state index contributed by atoms with van der Waals surface area (Å²) in [4.78, 5) is 8.74. The van der Waals surface area contributed by atoms with Gasteiger partial charge in [0.25, 0.3) is 0 Å². The van der Waals surface area contributed by atoms with Crippen molar-refractivity contribution in [1.29, 1.82) is 0 Å². The number of aryl methyl sites for hydroxylation is 1. The zero-order chi connectivity index (χ0) is 20.9. The highest BCUT2D eigenvalue weighted by atomic mass is 127. The molecule has 1 aliphatic heterocycles. The molecule has 2 aromatic heterocycles. The fourth-order valence-corrected chi connectivity index (χ4v) is 4.58. The maximum absolute atomic E-state index is 4.82. The van der Waals surface area contributed by atoms with Crippen LogP contribution in [0.5, 0.6) is 0 Å². The smallest absolute Gasteiger partial charge is 0.191 e. The Bertz CT molecular complexity index is 800. The minimum Gasteiger partial charge on any atom is -0.355 e. The minimum absolute atomic E-state index is 0. The van der Waals surface area contributed by atoms with Gasteiger partial charge < -0.3 is 15.2 Å². The summed E-state index contributed by atoms with van der Waals surface area (Å²) in [5.74, 6) is 2.62. The summed E-state index contributed by atoms with van der Waals surface area (Å²) < 4.78 is 1.99. The molecule has 1 unspecified atom stereocenters. The van der Waals surface area contributed by atoms with Crippen LogP contribution in [0.15, 0.2) is 22.5 Å². The van der Waals surface area contributed by atoms with Crippen molar-refractivity contribution in [3.8, 4) is 0 Å². The van der Waals surface area contributed by atoms with Crippen LogP contribution in [0.25, 0.3) is 0 Å². The van der Waals surface area contributed by atoms with Gasteiger partial charge >= 0.3 is 0 Å². The van der Waals surface area contributed by atoms with Gasteiger partial charge in [-0.2, -0.15) is 0 Å². The third kappa shape index (κ3) is 6.40. The summed E-state index contributed by atoms with van der Waals surface area (Å²) in [5.41, 5.74) is 0.0425. The van der Waals surface area contributed by atoms with Crippen LogP contribution in [0, 0.1) is 6.92 Å². The molecule has 168 valence electrons. The van der Waals surface area contributed by atoms with Gasteiger partial charge in [-0.1, -0.05) is 26.8 Å². The number of aromatic nitrogens is 3. The lowest BCUT2D eigenvalue weighted by Crippen LogP contribution is -2.47. The van der Waals surface area contributed by atoms with Crippen molar-refractivity contribution in [2.24, 2.45) is 12.0 Å². The average Bonchev–Trinajstić information content (AvgIpc) is 3.45. The highest BCUT2D eigenvalue weighted by molar-refractivity contribution is 14.0. The first kappa shape index (κ1) is 25.1. The quantitative estimate of drug-likeness (QED) is 0.303. The predicted molar refractivity (Wildman–Crippen MR) is 136 cm³/mol. The number of nitrogens with one attached hydrogen (secondary N) is 2. The van der Waals surface area contributed by atoms with E-state index in [2.05, 4.69) is 64.0 Å². The Kier molecular flexibility index (Phi) is 9.55. The van der Waals surface area contributed by atoms with Gasteiger partial charge in [0.2, 0.25) is 0 Å². The van der Waals surface area contributed by atoms with E-state index in [9.17, 15) is 0 Å². The third-order valence-electron chi connectivity index (χ3n) is 5.86. The number of rotatable bonds is 8. The number of aliphatic imine (C=N–C) groups is 1. The van der Waals surface area contributed by atoms with Gasteiger partial charge in [0.1, 0.15) is 12.4 Å². The third-order valence-corrected chi connectivity index (χ3v) is 7.09. The van der Waals surface area contributed by atoms with Crippen LogP contribution >= 0.6 is 35.3 Å². The monoisotopic (exact) mass is 545 g/mol. The molecule has 0 bridgehead atoms. The number of halogens is 1. The molecular formula is C21H36IN7S. The summed E-state index contributed by atoms with van der Waals surface area (Å²) >= 11 is 1.80. The van der Waals surface area contributed by atoms with E-state index in [0.29, 0.717) is 12.6 Å². The number of likely N-dealkylation sites (N-methyl/N-ethyl adjacent to an activating group) is 1. The standard InChI is InChI=1S/C21H35N7S.HI/c1-6-28-11-7-9-17(28)13-22-20(23-14-19-26-25-16(2)27(19)5)24-15-21(3,4)18-10-8-12-29-18;/h8,10,12,17H,6-7,9,11,13-15H2,1-5H3,(H2,22,23,24);1H. The van der Waals surface area contributed by atoms with Crippen LogP contribution in [0.2, 0.25) is 0 Å². The lowest BCUT2D eigenvalue weighted by Gasteiger charge is -2.27. The number of likely N-dealkylation sites (tertiary alicyclic amines) is 1. The summed E-state index contributed by atoms with van der Waals surface area (Å²) in [6.45, 7) is 13.3. The van der Waals surface area contributed by atoms with Crippen LogP contribution in [0.3, 0.4) is 0 Å². The van der Waals surface area contributed by atoms with Gasteiger partial charge in [-0.3, -0.25) is 4.90 Å². The molecule has 3 rings (SSSR count). The molecule has 0 spiro atoms. The van der Waals surface area contributed by atoms with E-state index >= 15 is 0 Å². The summed E-state index contributed by atoms with van der Waals surface area (Å²) in [6, 6.07) is 4.90. The van der Waals surface area contributed by atoms with Crippen LogP contribution in [0.4, 0.5) is 0 Å². The first-order chi connectivity index (χ1) is 13.9. The number of guanidine groups is 1. The van der Waals surface area contributed by atoms with Crippen LogP contribution < -0.4 is 10.6 Å². The molecule has 1 fully saturated rings. The van der Waals surface area contributed by atoms with E-state index in [-0.39, 0.29) is 29.4 Å². The van der Waals surface area contributed by atoms with Gasteiger partial charge in [-0.05, 0) is 44.3 Å². The van der Waals surface area contributed by atoms with E-state index in [1.165, 1.54) is 24.3 Å². The number of hydrogen-bond acceptors (Lipinski definition) is 5. The van der Waals surface area contributed by atoms with E-state index in [1.54, 1.807) is 11.3 Å². The first-order valence-corrected chi connectivity index (χ1v) is 11.4. The van der Waals surface area contributed by atoms with E-state index in [4.69, 9.17) is 4.99 Å². The maximum Gasteiger partial charge on any atom is 0.191 e. The van der Waals surface area contributed by atoms with Crippen molar-refractivity contribution in [2.45, 2.75) is 58.5 Å². The van der Waals surface area contributed by atoms with Crippen molar-refractivity contribution in [3.63, 3.8) is 0 Å². The largest absolute Gasteiger partial charge is 0.355 e. The second kappa shape index (κ2) is 11.4. The normalized spacial score (nSPS) is 17.8. The Morgan fingerprint density at radius 3 is 2.77 bits per heavy atom. The summed E-state index contributed by atoms with van der Waals surface area (Å²) in [5, 5.41) is 17.7. The molecule has 30 heavy (non-hydrogen) atoms. The highest BCUT2D eigenvalue weighted by Gasteiger charge is 2.24. The molecule has 0 radical (unpaired) electrons. The Morgan fingerprint density at radius 2 is 2.13 bits per heavy atom. The summed E-state index contributed by atoms with van der Waals surface area (Å²) in [6.07, 6.45) is 2.53. The molecule has 0 saturated carbocycles. The van der Waals surface area contributed by atoms with Gasteiger partial charge in [0, 0.05) is 36.5 Å². The zero-order valence-electron chi connectivity index (χ0n) is 18.8. The molecule has 2 N–H and O–H groups in total. The van der Waals surface area contributed by atoms with Crippen molar-refractivity contribution in [2.75, 3.05) is 26.2 Å². The second-order valence-electron chi connectivity index (χ2n) is 8.41. The van der Waals surface area contributed by atoms with Gasteiger partial charge in [-0.25, -0.2) is 4.99 Å². The van der Waals surface area contributed by atoms with Gasteiger partial charge in [0.05, 0.1) is 0 Å². The molecule has 2 aromatic rings. The van der Waals surface area contributed by atoms with E-state index in [1.807, 2.05) is 18.5 Å². The molecule has 7 nitrogen and oxygen atoms in total. The van der Waals surface area contributed by atoms with Crippen LogP contribution in [0.1, 0.15) is 50.1 Å². The number of thiophene rings is 1. The zero-order valence-corrected chi connectivity index (χ0v) is 22.0. The molecule has 1 atom stereocenters. The second-order valence-corrected chi connectivity index (χ2v) is 9.36. The van der Waals surface area contributed by atoms with E-state index in [0.717, 1.165) is 37.2 Å². The van der Waals surface area contributed by atoms with Crippen molar-refractivity contribution >= 4 is 41.3 Å². The fourth-order valence-electron chi connectivity index (χ4n) is 3.73. The molecular weight excluding hydrogens is 509 g/mol. The Balaban J connectivity index is 0.00000320. The Hall–Kier alpha value is -1.20. The lowest BCUT2D eigenvalue weighted by molar-refractivity contribution is 0.267. The molecule has 3 heterocycles. The van der Waals surface area contributed by atoms with E-state index < -0.39 is 0 Å². The molecule has 9 heteroatoms. The topological polar surface area (TPSA) is 70.4 Å². The van der Waals surface area contributed by atoms with Crippen LogP contribution in [-0.4, -0.2) is 57.8 Å². The molecule has 0 amide bonds. The number of hydrogen-bond donors (Lipinski definition) is 2. The van der Waals surface area contributed by atoms with Crippen molar-refractivity contribution in [3.05, 3.63) is 34.0 Å². The van der Waals surface area contributed by atoms with Crippen LogP contribution in [-0.2, 0) is 19.0 Å². The fraction of sp³-hybridized carbons (Fsp3) is 0.667. The Morgan fingerprint density at radius 1 is 1.33 bits per heavy atom. The minimum atomic E-state index is 0. The van der Waals surface area contributed by atoms with Gasteiger partial charge in [0.15, 0.2) is 11.8 Å². The molecule has 1 aliphatic rings. The molecule has 0 aromatic carbocycles. The Labute approximate surface area is 201 Å². The van der Waals surface area contributed by atoms with Crippen molar-refractivity contribution < 1.29 is 0 Å². The molecule has 0 aliphatic carbocycles. The number of nitrogens with zero attached hydrogens (tertiary/aromatic N) is 5.